The quantitative estimate of drug-likeness (QED) is 0.431. The Bertz CT molecular complexity index is 763. The van der Waals surface area contributed by atoms with Gasteiger partial charge in [0, 0.05) is 25.3 Å². The van der Waals surface area contributed by atoms with Crippen molar-refractivity contribution < 1.29 is 9.53 Å². The number of hydrogen-bond donors (Lipinski definition) is 1. The van der Waals surface area contributed by atoms with Crippen LogP contribution in [0, 0.1) is 0 Å². The summed E-state index contributed by atoms with van der Waals surface area (Å²) in [6.45, 7) is 4.72. The van der Waals surface area contributed by atoms with E-state index >= 15 is 0 Å². The van der Waals surface area contributed by atoms with E-state index in [0.29, 0.717) is 19.6 Å². The van der Waals surface area contributed by atoms with Crippen molar-refractivity contribution in [2.24, 2.45) is 0 Å². The van der Waals surface area contributed by atoms with Crippen molar-refractivity contribution in [3.8, 4) is 5.75 Å². The normalized spacial score (nSPS) is 14.3. The first kappa shape index (κ1) is 23.7. The fraction of sp³-hybridized carbons (Fsp3) is 0.500. The summed E-state index contributed by atoms with van der Waals surface area (Å²) in [5.41, 5.74) is 2.66. The third-order valence-corrected chi connectivity index (χ3v) is 6.58. The monoisotopic (exact) mass is 440 g/mol. The Morgan fingerprint density at radius 1 is 0.968 bits per heavy atom. The van der Waals surface area contributed by atoms with Crippen LogP contribution in [-0.2, 0) is 17.1 Å². The number of nitrogens with one attached hydrogen (secondary N) is 1. The lowest BCUT2D eigenvalue weighted by atomic mass is 10.1. The molecule has 0 radical (unpaired) electrons. The zero-order chi connectivity index (χ0) is 21.6. The van der Waals surface area contributed by atoms with E-state index in [2.05, 4.69) is 52.7 Å². The summed E-state index contributed by atoms with van der Waals surface area (Å²) in [5.74, 6) is 3.10. The van der Waals surface area contributed by atoms with Crippen LogP contribution in [0.15, 0.2) is 54.6 Å². The SMILES string of the molecule is O=C(CCCSCc1ccccc1)NCCCOc1cccc(CN2CCCCC2)c1. The number of nitrogens with zero attached hydrogens (tertiary/aromatic N) is 1. The molecule has 1 amide bonds. The number of carbonyl (C=O) groups excluding carboxylic acids is 1. The Hall–Kier alpha value is -1.98. The molecule has 5 heteroatoms. The van der Waals surface area contributed by atoms with Crippen LogP contribution in [0.4, 0.5) is 0 Å². The zero-order valence-electron chi connectivity index (χ0n) is 18.6. The molecule has 0 aliphatic carbocycles. The van der Waals surface area contributed by atoms with E-state index in [1.165, 1.54) is 43.5 Å². The fourth-order valence-electron chi connectivity index (χ4n) is 3.79. The third kappa shape index (κ3) is 9.79. The van der Waals surface area contributed by atoms with Crippen molar-refractivity contribution in [3.05, 3.63) is 65.7 Å². The average Bonchev–Trinajstić information content (AvgIpc) is 2.80. The highest BCUT2D eigenvalue weighted by Crippen LogP contribution is 2.18. The van der Waals surface area contributed by atoms with Crippen molar-refractivity contribution in [2.45, 2.75) is 50.8 Å². The van der Waals surface area contributed by atoms with Gasteiger partial charge in [0.15, 0.2) is 0 Å². The molecule has 2 aromatic rings. The first-order valence-electron chi connectivity index (χ1n) is 11.6. The maximum atomic E-state index is 12.0. The molecule has 4 nitrogen and oxygen atoms in total. The molecule has 0 spiro atoms. The Morgan fingerprint density at radius 2 is 1.77 bits per heavy atom. The van der Waals surface area contributed by atoms with Crippen molar-refractivity contribution >= 4 is 17.7 Å². The predicted molar refractivity (Wildman–Crippen MR) is 131 cm³/mol. The van der Waals surface area contributed by atoms with Gasteiger partial charge in [0.2, 0.25) is 5.91 Å². The summed E-state index contributed by atoms with van der Waals surface area (Å²) in [6, 6.07) is 18.9. The molecule has 0 bridgehead atoms. The maximum absolute atomic E-state index is 12.0. The molecule has 0 atom stereocenters. The largest absolute Gasteiger partial charge is 0.494 e. The molecule has 0 aromatic heterocycles. The summed E-state index contributed by atoms with van der Waals surface area (Å²) in [7, 11) is 0. The predicted octanol–water partition coefficient (Wildman–Crippen LogP) is 5.27. The molecular formula is C26H36N2O2S. The van der Waals surface area contributed by atoms with Crippen molar-refractivity contribution in [1.82, 2.24) is 10.2 Å². The Kier molecular flexibility index (Phi) is 10.8. The number of thioether (sulfide) groups is 1. The summed E-state index contributed by atoms with van der Waals surface area (Å²) in [4.78, 5) is 14.5. The molecule has 31 heavy (non-hydrogen) atoms. The molecule has 1 N–H and O–H groups in total. The second kappa shape index (κ2) is 14.2. The second-order valence-electron chi connectivity index (χ2n) is 8.18. The van der Waals surface area contributed by atoms with Gasteiger partial charge in [0.25, 0.3) is 0 Å². The minimum Gasteiger partial charge on any atom is -0.494 e. The van der Waals surface area contributed by atoms with Gasteiger partial charge in [-0.2, -0.15) is 11.8 Å². The number of hydrogen-bond acceptors (Lipinski definition) is 4. The number of rotatable bonds is 13. The van der Waals surface area contributed by atoms with Gasteiger partial charge in [-0.25, -0.2) is 0 Å². The number of benzene rings is 2. The number of piperidine rings is 1. The van der Waals surface area contributed by atoms with Crippen LogP contribution in [0.1, 0.15) is 49.7 Å². The zero-order valence-corrected chi connectivity index (χ0v) is 19.4. The van der Waals surface area contributed by atoms with Gasteiger partial charge >= 0.3 is 0 Å². The van der Waals surface area contributed by atoms with Crippen molar-refractivity contribution in [3.63, 3.8) is 0 Å². The summed E-state index contributed by atoms with van der Waals surface area (Å²) < 4.78 is 5.90. The van der Waals surface area contributed by atoms with E-state index in [4.69, 9.17) is 4.74 Å². The average molecular weight is 441 g/mol. The van der Waals surface area contributed by atoms with Crippen LogP contribution in [0.25, 0.3) is 0 Å². The molecule has 1 aliphatic heterocycles. The molecule has 3 rings (SSSR count). The lowest BCUT2D eigenvalue weighted by Crippen LogP contribution is -2.29. The van der Waals surface area contributed by atoms with Crippen LogP contribution in [0.5, 0.6) is 5.75 Å². The smallest absolute Gasteiger partial charge is 0.220 e. The minimum absolute atomic E-state index is 0.142. The molecule has 1 heterocycles. The van der Waals surface area contributed by atoms with Crippen molar-refractivity contribution in [1.29, 1.82) is 0 Å². The molecule has 168 valence electrons. The summed E-state index contributed by atoms with van der Waals surface area (Å²) >= 11 is 1.89. The highest BCUT2D eigenvalue weighted by atomic mass is 32.2. The molecule has 0 unspecified atom stereocenters. The van der Waals surface area contributed by atoms with Gasteiger partial charge in [-0.05, 0) is 67.8 Å². The van der Waals surface area contributed by atoms with E-state index in [9.17, 15) is 4.79 Å². The number of likely N-dealkylation sites (tertiary alicyclic amines) is 1. The molecule has 2 aromatic carbocycles. The second-order valence-corrected chi connectivity index (χ2v) is 9.28. The third-order valence-electron chi connectivity index (χ3n) is 5.47. The molecule has 0 saturated carbocycles. The highest BCUT2D eigenvalue weighted by Gasteiger charge is 2.10. The number of amides is 1. The highest BCUT2D eigenvalue weighted by molar-refractivity contribution is 7.98. The molecular weight excluding hydrogens is 404 g/mol. The van der Waals surface area contributed by atoms with Gasteiger partial charge in [-0.1, -0.05) is 48.9 Å². The van der Waals surface area contributed by atoms with E-state index in [-0.39, 0.29) is 5.91 Å². The van der Waals surface area contributed by atoms with Crippen molar-refractivity contribution in [2.75, 3.05) is 32.0 Å². The number of carbonyl (C=O) groups is 1. The first-order valence-corrected chi connectivity index (χ1v) is 12.8. The molecule has 1 fully saturated rings. The Balaban J connectivity index is 1.20. The van der Waals surface area contributed by atoms with Crippen LogP contribution in [0.2, 0.25) is 0 Å². The minimum atomic E-state index is 0.142. The van der Waals surface area contributed by atoms with E-state index in [1.807, 2.05) is 23.9 Å². The lowest BCUT2D eigenvalue weighted by molar-refractivity contribution is -0.121. The Morgan fingerprint density at radius 3 is 2.61 bits per heavy atom. The van der Waals surface area contributed by atoms with Crippen LogP contribution in [0.3, 0.4) is 0 Å². The van der Waals surface area contributed by atoms with Gasteiger partial charge in [-0.15, -0.1) is 0 Å². The van der Waals surface area contributed by atoms with Gasteiger partial charge in [-0.3, -0.25) is 9.69 Å². The maximum Gasteiger partial charge on any atom is 0.220 e. The van der Waals surface area contributed by atoms with Crippen LogP contribution < -0.4 is 10.1 Å². The van der Waals surface area contributed by atoms with Crippen LogP contribution in [-0.4, -0.2) is 42.8 Å². The molecule has 1 saturated heterocycles. The van der Waals surface area contributed by atoms with E-state index in [1.54, 1.807) is 0 Å². The first-order chi connectivity index (χ1) is 15.3. The lowest BCUT2D eigenvalue weighted by Gasteiger charge is -2.26. The van der Waals surface area contributed by atoms with Gasteiger partial charge < -0.3 is 10.1 Å². The summed E-state index contributed by atoms with van der Waals surface area (Å²) in [5, 5.41) is 3.01. The van der Waals surface area contributed by atoms with Gasteiger partial charge in [0.1, 0.15) is 5.75 Å². The topological polar surface area (TPSA) is 41.6 Å². The molecule has 1 aliphatic rings. The Labute approximate surface area is 191 Å². The standard InChI is InChI=1S/C26H36N2O2S/c29-26(14-8-19-31-22-23-10-3-1-4-11-23)27-15-9-18-30-25-13-7-12-24(20-25)21-28-16-5-2-6-17-28/h1,3-4,7,10-13,20H,2,5-6,8-9,14-19,21-22H2,(H,27,29). The number of ether oxygens (including phenoxy) is 1. The summed E-state index contributed by atoms with van der Waals surface area (Å²) in [6.07, 6.45) is 6.34. The van der Waals surface area contributed by atoms with E-state index < -0.39 is 0 Å². The van der Waals surface area contributed by atoms with Gasteiger partial charge in [0.05, 0.1) is 6.61 Å². The fourth-order valence-corrected chi connectivity index (χ4v) is 4.71. The van der Waals surface area contributed by atoms with Crippen LogP contribution >= 0.6 is 11.8 Å². The van der Waals surface area contributed by atoms with E-state index in [0.717, 1.165) is 36.6 Å².